The van der Waals surface area contributed by atoms with Crippen LogP contribution in [0.2, 0.25) is 0 Å². The van der Waals surface area contributed by atoms with Gasteiger partial charge in [-0.1, -0.05) is 13.8 Å². The predicted octanol–water partition coefficient (Wildman–Crippen LogP) is 3.63. The van der Waals surface area contributed by atoms with Crippen LogP contribution in [0.25, 0.3) is 0 Å². The van der Waals surface area contributed by atoms with Crippen LogP contribution in [0.4, 0.5) is 0 Å². The molecule has 3 heterocycles. The first kappa shape index (κ1) is 18.4. The number of methoxy groups -OCH3 is 2. The van der Waals surface area contributed by atoms with E-state index in [1.165, 1.54) is 0 Å². The molecule has 0 saturated heterocycles. The van der Waals surface area contributed by atoms with Crippen LogP contribution in [0.1, 0.15) is 42.6 Å². The molecule has 6 heteroatoms. The summed E-state index contributed by atoms with van der Waals surface area (Å²) in [4.78, 5) is 0. The Morgan fingerprint density at radius 1 is 1.00 bits per heavy atom. The van der Waals surface area contributed by atoms with Gasteiger partial charge in [0.05, 0.1) is 26.2 Å². The second kappa shape index (κ2) is 6.73. The summed E-state index contributed by atoms with van der Waals surface area (Å²) in [5.74, 6) is 3.68. The molecule has 2 aromatic rings. The average Bonchev–Trinajstić information content (AvgIpc) is 3.17. The molecule has 0 fully saturated rings. The first-order valence-electron chi connectivity index (χ1n) is 10.1. The van der Waals surface area contributed by atoms with Gasteiger partial charge in [0.2, 0.25) is 0 Å². The quantitative estimate of drug-likeness (QED) is 0.853. The maximum atomic E-state index is 11.4. The standard InChI is InChI=1S/C23H26O6/c1-11(2)16-8-14-15(28-16)6-5-12-22(24)21-13-7-18(25-3)19(26-4)9-17(13)27-10-20(21)29-23(12)14/h5-7,9,11,16,20-22,24H,8,10H2,1-4H3/t16?,20-,21+,22?/m1/s1/i3-1. The number of aliphatic hydroxyl groups is 1. The second-order valence-electron chi connectivity index (χ2n) is 8.25. The fourth-order valence-electron chi connectivity index (χ4n) is 4.64. The molecular formula is C23H26O6. The summed E-state index contributed by atoms with van der Waals surface area (Å²) in [6, 6.07) is 7.58. The zero-order chi connectivity index (χ0) is 20.3. The highest BCUT2D eigenvalue weighted by Gasteiger charge is 2.45. The van der Waals surface area contributed by atoms with Crippen molar-refractivity contribution in [3.63, 3.8) is 0 Å². The SMILES string of the molecule is COc1cc2c(cc1O[11CH3])[C@@H]1C(O)c3ccc4c(c3O[C@@H]1CO2)CC(C(C)C)O4. The van der Waals surface area contributed by atoms with Gasteiger partial charge < -0.3 is 28.8 Å². The molecule has 154 valence electrons. The Bertz CT molecular complexity index is 953. The van der Waals surface area contributed by atoms with Crippen molar-refractivity contribution in [1.82, 2.24) is 0 Å². The second-order valence-corrected chi connectivity index (χ2v) is 8.25. The van der Waals surface area contributed by atoms with Gasteiger partial charge >= 0.3 is 0 Å². The van der Waals surface area contributed by atoms with Gasteiger partial charge in [-0.15, -0.1) is 0 Å². The number of rotatable bonds is 3. The van der Waals surface area contributed by atoms with E-state index < -0.39 is 6.10 Å². The van der Waals surface area contributed by atoms with Crippen molar-refractivity contribution in [2.45, 2.75) is 44.5 Å². The predicted molar refractivity (Wildman–Crippen MR) is 107 cm³/mol. The Morgan fingerprint density at radius 3 is 2.48 bits per heavy atom. The zero-order valence-corrected chi connectivity index (χ0v) is 17.1. The molecule has 0 aromatic heterocycles. The van der Waals surface area contributed by atoms with E-state index >= 15 is 0 Å². The molecule has 3 aliphatic rings. The molecule has 29 heavy (non-hydrogen) atoms. The summed E-state index contributed by atoms with van der Waals surface area (Å²) < 4.78 is 29.3. The number of hydrogen-bond donors (Lipinski definition) is 1. The lowest BCUT2D eigenvalue weighted by molar-refractivity contribution is 0.000779. The minimum Gasteiger partial charge on any atom is -0.493 e. The minimum absolute atomic E-state index is 0.134. The summed E-state index contributed by atoms with van der Waals surface area (Å²) >= 11 is 0. The van der Waals surface area contributed by atoms with Crippen LogP contribution < -0.4 is 23.7 Å². The smallest absolute Gasteiger partial charge is 0.164 e. The topological polar surface area (TPSA) is 66.4 Å². The molecule has 3 aliphatic heterocycles. The van der Waals surface area contributed by atoms with Crippen molar-refractivity contribution in [1.29, 1.82) is 0 Å². The molecule has 0 saturated carbocycles. The zero-order valence-electron chi connectivity index (χ0n) is 17.1. The molecule has 5 rings (SSSR count). The Hall–Kier alpha value is -2.60. The van der Waals surface area contributed by atoms with Crippen LogP contribution in [0.15, 0.2) is 24.3 Å². The lowest BCUT2D eigenvalue weighted by Crippen LogP contribution is -2.42. The van der Waals surface area contributed by atoms with Crippen molar-refractivity contribution in [3.05, 3.63) is 41.0 Å². The maximum absolute atomic E-state index is 11.4. The van der Waals surface area contributed by atoms with Gasteiger partial charge in [0, 0.05) is 29.2 Å². The van der Waals surface area contributed by atoms with Crippen molar-refractivity contribution in [2.75, 3.05) is 20.8 Å². The Morgan fingerprint density at radius 2 is 1.76 bits per heavy atom. The molecule has 0 amide bonds. The average molecular weight is 397 g/mol. The molecule has 6 nitrogen and oxygen atoms in total. The highest BCUT2D eigenvalue weighted by atomic mass is 16.5. The van der Waals surface area contributed by atoms with Gasteiger partial charge in [-0.05, 0) is 24.1 Å². The summed E-state index contributed by atoms with van der Waals surface area (Å²) in [6.07, 6.45) is -0.0569. The Balaban J connectivity index is 1.56. The van der Waals surface area contributed by atoms with Crippen LogP contribution in [-0.2, 0) is 6.42 Å². The van der Waals surface area contributed by atoms with E-state index in [4.69, 9.17) is 23.7 Å². The van der Waals surface area contributed by atoms with Crippen molar-refractivity contribution < 1.29 is 28.8 Å². The van der Waals surface area contributed by atoms with Gasteiger partial charge in [-0.2, -0.15) is 0 Å². The van der Waals surface area contributed by atoms with Crippen LogP contribution in [0, 0.1) is 5.92 Å². The summed E-state index contributed by atoms with van der Waals surface area (Å²) in [6.45, 7) is 4.67. The van der Waals surface area contributed by atoms with Gasteiger partial charge in [-0.3, -0.25) is 0 Å². The van der Waals surface area contributed by atoms with E-state index in [-0.39, 0.29) is 18.1 Å². The molecule has 0 aliphatic carbocycles. The van der Waals surface area contributed by atoms with Gasteiger partial charge in [0.15, 0.2) is 11.5 Å². The molecule has 2 aromatic carbocycles. The molecule has 0 bridgehead atoms. The third kappa shape index (κ3) is 2.73. The van der Waals surface area contributed by atoms with Crippen molar-refractivity contribution >= 4 is 0 Å². The largest absolute Gasteiger partial charge is 0.493 e. The monoisotopic (exact) mass is 397 g/mol. The van der Waals surface area contributed by atoms with E-state index in [0.717, 1.165) is 34.6 Å². The number of aliphatic hydroxyl groups excluding tert-OH is 1. The lowest BCUT2D eigenvalue weighted by Gasteiger charge is -2.41. The van der Waals surface area contributed by atoms with Crippen LogP contribution >= 0.6 is 0 Å². The van der Waals surface area contributed by atoms with E-state index in [0.29, 0.717) is 29.8 Å². The summed E-state index contributed by atoms with van der Waals surface area (Å²) in [5.41, 5.74) is 2.73. The molecule has 4 atom stereocenters. The lowest BCUT2D eigenvalue weighted by atomic mass is 9.80. The highest BCUT2D eigenvalue weighted by Crippen LogP contribution is 2.53. The number of fused-ring (bicyclic) bond motifs is 6. The third-order valence-electron chi connectivity index (χ3n) is 6.28. The number of benzene rings is 2. The Labute approximate surface area is 170 Å². The van der Waals surface area contributed by atoms with Gasteiger partial charge in [0.1, 0.15) is 36.1 Å². The van der Waals surface area contributed by atoms with Crippen molar-refractivity contribution in [3.8, 4) is 28.7 Å². The van der Waals surface area contributed by atoms with Gasteiger partial charge in [-0.25, -0.2) is 0 Å². The minimum atomic E-state index is -0.701. The fraction of sp³-hybridized carbons (Fsp3) is 0.478. The molecule has 2 unspecified atom stereocenters. The van der Waals surface area contributed by atoms with E-state index in [1.54, 1.807) is 14.2 Å². The number of ether oxygens (including phenoxy) is 5. The molecule has 1 N–H and O–H groups in total. The number of hydrogen-bond acceptors (Lipinski definition) is 6. The Kier molecular flexibility index (Phi) is 4.28. The molecule has 0 spiro atoms. The first-order valence-corrected chi connectivity index (χ1v) is 10.1. The van der Waals surface area contributed by atoms with Crippen LogP contribution in [0.5, 0.6) is 28.7 Å². The summed E-state index contributed by atoms with van der Waals surface area (Å²) in [7, 11) is 3.20. The summed E-state index contributed by atoms with van der Waals surface area (Å²) in [5, 5.41) is 11.4. The molecule has 0 radical (unpaired) electrons. The fourth-order valence-corrected chi connectivity index (χ4v) is 4.64. The van der Waals surface area contributed by atoms with E-state index in [9.17, 15) is 5.11 Å². The molecular weight excluding hydrogens is 371 g/mol. The van der Waals surface area contributed by atoms with Crippen LogP contribution in [0.3, 0.4) is 0 Å². The van der Waals surface area contributed by atoms with Crippen molar-refractivity contribution in [2.24, 2.45) is 5.92 Å². The van der Waals surface area contributed by atoms with Gasteiger partial charge in [0.25, 0.3) is 0 Å². The normalized spacial score (nSPS) is 26.3. The maximum Gasteiger partial charge on any atom is 0.164 e. The van der Waals surface area contributed by atoms with E-state index in [1.807, 2.05) is 24.3 Å². The van der Waals surface area contributed by atoms with E-state index in [2.05, 4.69) is 13.8 Å². The third-order valence-corrected chi connectivity index (χ3v) is 6.28. The first-order chi connectivity index (χ1) is 14.0. The highest BCUT2D eigenvalue weighted by molar-refractivity contribution is 5.58. The van der Waals surface area contributed by atoms with Crippen LogP contribution in [-0.4, -0.2) is 38.1 Å².